The zero-order valence-corrected chi connectivity index (χ0v) is 13.1. The van der Waals surface area contributed by atoms with E-state index < -0.39 is 17.2 Å². The number of aryl methyl sites for hydroxylation is 1. The van der Waals surface area contributed by atoms with Crippen molar-refractivity contribution >= 4 is 23.7 Å². The standard InChI is InChI=1S/C14H17N5O2S/c1-3-9-4-6-10(7-5-9)11-16-14(19-18-11)22-8(2)12(20)17-13(15)21/h4-8H,3H2,1-2H3,(H,16,18,19)(H3,15,17,20,21)/t8-/m1/s1. The number of benzene rings is 1. The van der Waals surface area contributed by atoms with Gasteiger partial charge in [-0.25, -0.2) is 9.78 Å². The van der Waals surface area contributed by atoms with Gasteiger partial charge in [-0.3, -0.25) is 15.2 Å². The normalized spacial score (nSPS) is 11.9. The number of H-pyrrole nitrogens is 1. The number of imide groups is 1. The van der Waals surface area contributed by atoms with Crippen LogP contribution in [0.3, 0.4) is 0 Å². The highest BCUT2D eigenvalue weighted by Gasteiger charge is 2.18. The lowest BCUT2D eigenvalue weighted by atomic mass is 10.1. The highest BCUT2D eigenvalue weighted by molar-refractivity contribution is 8.00. The lowest BCUT2D eigenvalue weighted by Gasteiger charge is -2.06. The van der Waals surface area contributed by atoms with Crippen molar-refractivity contribution in [1.82, 2.24) is 20.5 Å². The zero-order valence-electron chi connectivity index (χ0n) is 12.3. The number of aromatic amines is 1. The van der Waals surface area contributed by atoms with Crippen LogP contribution in [0.15, 0.2) is 29.4 Å². The first-order valence-corrected chi connectivity index (χ1v) is 7.66. The molecule has 7 nitrogen and oxygen atoms in total. The minimum Gasteiger partial charge on any atom is -0.351 e. The van der Waals surface area contributed by atoms with Crippen molar-refractivity contribution < 1.29 is 9.59 Å². The van der Waals surface area contributed by atoms with Crippen molar-refractivity contribution in [2.45, 2.75) is 30.7 Å². The van der Waals surface area contributed by atoms with Crippen molar-refractivity contribution in [3.8, 4) is 11.4 Å². The van der Waals surface area contributed by atoms with Crippen LogP contribution in [0.25, 0.3) is 11.4 Å². The molecule has 22 heavy (non-hydrogen) atoms. The Hall–Kier alpha value is -2.35. The monoisotopic (exact) mass is 319 g/mol. The number of carbonyl (C=O) groups excluding carboxylic acids is 2. The van der Waals surface area contributed by atoms with Crippen LogP contribution in [-0.4, -0.2) is 32.4 Å². The number of nitrogens with two attached hydrogens (primary N) is 1. The van der Waals surface area contributed by atoms with Crippen LogP contribution in [-0.2, 0) is 11.2 Å². The summed E-state index contributed by atoms with van der Waals surface area (Å²) in [5.74, 6) is 0.156. The van der Waals surface area contributed by atoms with Crippen LogP contribution in [0.5, 0.6) is 0 Å². The second kappa shape index (κ2) is 7.08. The van der Waals surface area contributed by atoms with E-state index in [4.69, 9.17) is 5.73 Å². The van der Waals surface area contributed by atoms with Crippen LogP contribution >= 0.6 is 11.8 Å². The van der Waals surface area contributed by atoms with Gasteiger partial charge in [0.15, 0.2) is 5.82 Å². The lowest BCUT2D eigenvalue weighted by molar-refractivity contribution is -0.119. The molecule has 1 aromatic carbocycles. The van der Waals surface area contributed by atoms with Crippen LogP contribution in [0.1, 0.15) is 19.4 Å². The van der Waals surface area contributed by atoms with E-state index in [0.29, 0.717) is 11.0 Å². The predicted molar refractivity (Wildman–Crippen MR) is 84.2 cm³/mol. The van der Waals surface area contributed by atoms with Crippen molar-refractivity contribution in [2.24, 2.45) is 5.73 Å². The van der Waals surface area contributed by atoms with Gasteiger partial charge in [0, 0.05) is 5.56 Å². The molecular formula is C14H17N5O2S. The molecule has 0 saturated carbocycles. The lowest BCUT2D eigenvalue weighted by Crippen LogP contribution is -2.39. The van der Waals surface area contributed by atoms with Gasteiger partial charge in [0.05, 0.1) is 5.25 Å². The number of amides is 3. The number of urea groups is 1. The number of carbonyl (C=O) groups is 2. The highest BCUT2D eigenvalue weighted by Crippen LogP contribution is 2.23. The number of hydrogen-bond acceptors (Lipinski definition) is 5. The molecule has 2 rings (SSSR count). The van der Waals surface area contributed by atoms with E-state index in [1.807, 2.05) is 29.6 Å². The van der Waals surface area contributed by atoms with Gasteiger partial charge in [0.25, 0.3) is 0 Å². The molecule has 0 radical (unpaired) electrons. The Balaban J connectivity index is 2.04. The SMILES string of the molecule is CCc1ccc(-c2nc(S[C@H](C)C(=O)NC(N)=O)n[nH]2)cc1. The second-order valence-electron chi connectivity index (χ2n) is 4.63. The summed E-state index contributed by atoms with van der Waals surface area (Å²) in [6.45, 7) is 3.74. The third kappa shape index (κ3) is 4.08. The summed E-state index contributed by atoms with van der Waals surface area (Å²) in [7, 11) is 0. The maximum atomic E-state index is 11.6. The molecule has 8 heteroatoms. The molecule has 0 aliphatic carbocycles. The van der Waals surface area contributed by atoms with E-state index in [2.05, 4.69) is 22.1 Å². The molecule has 1 heterocycles. The van der Waals surface area contributed by atoms with E-state index in [1.54, 1.807) is 6.92 Å². The maximum Gasteiger partial charge on any atom is 0.318 e. The first-order chi connectivity index (χ1) is 10.5. The van der Waals surface area contributed by atoms with Gasteiger partial charge in [-0.2, -0.15) is 0 Å². The smallest absolute Gasteiger partial charge is 0.318 e. The molecular weight excluding hydrogens is 302 g/mol. The molecule has 0 spiro atoms. The summed E-state index contributed by atoms with van der Waals surface area (Å²) < 4.78 is 0. The first-order valence-electron chi connectivity index (χ1n) is 6.78. The predicted octanol–water partition coefficient (Wildman–Crippen LogP) is 1.71. The molecule has 0 bridgehead atoms. The van der Waals surface area contributed by atoms with Gasteiger partial charge in [-0.1, -0.05) is 43.0 Å². The van der Waals surface area contributed by atoms with Crippen molar-refractivity contribution in [3.05, 3.63) is 29.8 Å². The molecule has 2 aromatic rings. The Bertz CT molecular complexity index is 668. The molecule has 116 valence electrons. The van der Waals surface area contributed by atoms with E-state index in [-0.39, 0.29) is 0 Å². The van der Waals surface area contributed by atoms with Crippen LogP contribution < -0.4 is 11.1 Å². The van der Waals surface area contributed by atoms with E-state index >= 15 is 0 Å². The highest BCUT2D eigenvalue weighted by atomic mass is 32.2. The molecule has 1 atom stereocenters. The van der Waals surface area contributed by atoms with Gasteiger partial charge in [0.2, 0.25) is 11.1 Å². The van der Waals surface area contributed by atoms with Gasteiger partial charge in [0.1, 0.15) is 0 Å². The largest absolute Gasteiger partial charge is 0.351 e. The fourth-order valence-corrected chi connectivity index (χ4v) is 2.49. The number of aromatic nitrogens is 3. The third-order valence-corrected chi connectivity index (χ3v) is 3.96. The van der Waals surface area contributed by atoms with E-state index in [1.165, 1.54) is 5.56 Å². The Morgan fingerprint density at radius 1 is 1.36 bits per heavy atom. The van der Waals surface area contributed by atoms with Crippen molar-refractivity contribution in [3.63, 3.8) is 0 Å². The summed E-state index contributed by atoms with van der Waals surface area (Å²) in [6, 6.07) is 7.14. The van der Waals surface area contributed by atoms with Gasteiger partial charge in [-0.05, 0) is 18.9 Å². The van der Waals surface area contributed by atoms with E-state index in [0.717, 1.165) is 23.7 Å². The topological polar surface area (TPSA) is 114 Å². The van der Waals surface area contributed by atoms with E-state index in [9.17, 15) is 9.59 Å². The van der Waals surface area contributed by atoms with Gasteiger partial charge < -0.3 is 5.73 Å². The molecule has 0 unspecified atom stereocenters. The Labute approximate surface area is 132 Å². The number of primary amides is 1. The van der Waals surface area contributed by atoms with Crippen LogP contribution in [0, 0.1) is 0 Å². The van der Waals surface area contributed by atoms with Crippen LogP contribution in [0.4, 0.5) is 4.79 Å². The molecule has 1 aromatic heterocycles. The van der Waals surface area contributed by atoms with Crippen LogP contribution in [0.2, 0.25) is 0 Å². The number of nitrogens with zero attached hydrogens (tertiary/aromatic N) is 2. The molecule has 3 amide bonds. The minimum atomic E-state index is -0.871. The average molecular weight is 319 g/mol. The summed E-state index contributed by atoms with van der Waals surface area (Å²) >= 11 is 1.14. The Morgan fingerprint density at radius 2 is 2.05 bits per heavy atom. The molecule has 0 aliphatic rings. The molecule has 0 fully saturated rings. The van der Waals surface area contributed by atoms with Gasteiger partial charge >= 0.3 is 6.03 Å². The number of rotatable bonds is 5. The molecule has 0 saturated heterocycles. The molecule has 4 N–H and O–H groups in total. The second-order valence-corrected chi connectivity index (χ2v) is 5.94. The maximum absolute atomic E-state index is 11.6. The Kier molecular flexibility index (Phi) is 5.16. The summed E-state index contributed by atoms with van der Waals surface area (Å²) in [5, 5.41) is 8.84. The minimum absolute atomic E-state index is 0.432. The molecule has 0 aliphatic heterocycles. The first kappa shape index (κ1) is 16.0. The third-order valence-electron chi connectivity index (χ3n) is 3.00. The fraction of sp³-hybridized carbons (Fsp3) is 0.286. The number of thioether (sulfide) groups is 1. The summed E-state index contributed by atoms with van der Waals surface area (Å²) in [4.78, 5) is 26.6. The Morgan fingerprint density at radius 3 is 2.64 bits per heavy atom. The summed E-state index contributed by atoms with van der Waals surface area (Å²) in [6.07, 6.45) is 0.976. The number of hydrogen-bond donors (Lipinski definition) is 3. The van der Waals surface area contributed by atoms with Gasteiger partial charge in [-0.15, -0.1) is 5.10 Å². The average Bonchev–Trinajstić information content (AvgIpc) is 2.95. The number of nitrogens with one attached hydrogen (secondary N) is 2. The summed E-state index contributed by atoms with van der Waals surface area (Å²) in [5.41, 5.74) is 7.08. The quantitative estimate of drug-likeness (QED) is 0.726. The fourth-order valence-electron chi connectivity index (χ4n) is 1.76. The zero-order chi connectivity index (χ0) is 16.1. The van der Waals surface area contributed by atoms with Crippen molar-refractivity contribution in [2.75, 3.05) is 0 Å². The van der Waals surface area contributed by atoms with Crippen molar-refractivity contribution in [1.29, 1.82) is 0 Å².